The third kappa shape index (κ3) is 6.80. The Balaban J connectivity index is 1.08. The average Bonchev–Trinajstić information content (AvgIpc) is 4.17. The second-order valence-electron chi connectivity index (χ2n) is 21.4. The Morgan fingerprint density at radius 2 is 0.592 bits per heavy atom. The van der Waals surface area contributed by atoms with E-state index in [1.165, 1.54) is 156 Å². The Kier molecular flexibility index (Phi) is 9.75. The highest BCUT2D eigenvalue weighted by Crippen LogP contribution is 2.54. The first-order valence-electron chi connectivity index (χ1n) is 27.2. The van der Waals surface area contributed by atoms with Gasteiger partial charge in [0.15, 0.2) is 0 Å². The molecule has 16 rings (SSSR count). The summed E-state index contributed by atoms with van der Waals surface area (Å²) in [5.41, 5.74) is 17.8. The van der Waals surface area contributed by atoms with Crippen LogP contribution < -0.4 is 9.80 Å². The third-order valence-electron chi connectivity index (χ3n) is 17.2. The molecule has 76 heavy (non-hydrogen) atoms. The van der Waals surface area contributed by atoms with Gasteiger partial charge in [-0.05, 0) is 198 Å². The van der Waals surface area contributed by atoms with Crippen molar-refractivity contribution >= 4 is 110 Å². The van der Waals surface area contributed by atoms with E-state index in [1.807, 2.05) is 0 Å². The maximum Gasteiger partial charge on any atom is 0.0546 e. The Bertz CT molecular complexity index is 4370. The van der Waals surface area contributed by atoms with E-state index in [-0.39, 0.29) is 0 Å². The third-order valence-corrected chi connectivity index (χ3v) is 17.2. The molecule has 0 fully saturated rings. The zero-order valence-corrected chi connectivity index (χ0v) is 42.2. The molecule has 2 nitrogen and oxygen atoms in total. The zero-order chi connectivity index (χ0) is 49.8. The fourth-order valence-electron chi connectivity index (χ4n) is 13.6. The maximum atomic E-state index is 2.57. The van der Waals surface area contributed by atoms with Gasteiger partial charge in [0.05, 0.1) is 11.4 Å². The lowest BCUT2D eigenvalue weighted by atomic mass is 9.84. The van der Waals surface area contributed by atoms with Gasteiger partial charge in [-0.15, -0.1) is 0 Å². The Morgan fingerprint density at radius 1 is 0.224 bits per heavy atom. The van der Waals surface area contributed by atoms with E-state index in [0.29, 0.717) is 0 Å². The summed E-state index contributed by atoms with van der Waals surface area (Å²) >= 11 is 0. The summed E-state index contributed by atoms with van der Waals surface area (Å²) in [4.78, 5) is 5.15. The van der Waals surface area contributed by atoms with Crippen molar-refractivity contribution in [2.75, 3.05) is 9.80 Å². The van der Waals surface area contributed by atoms with Crippen molar-refractivity contribution in [2.45, 2.75) is 38.5 Å². The minimum atomic E-state index is 1.10. The predicted octanol–water partition coefficient (Wildman–Crippen LogP) is 20.4. The number of anilines is 6. The number of fused-ring (bicyclic) bond motifs is 6. The summed E-state index contributed by atoms with van der Waals surface area (Å²) in [5.74, 6) is 0. The van der Waals surface area contributed by atoms with Crippen molar-refractivity contribution in [1.29, 1.82) is 0 Å². The van der Waals surface area contributed by atoms with Crippen molar-refractivity contribution < 1.29 is 0 Å². The fraction of sp³-hybridized carbons (Fsp3) is 0.0811. The topological polar surface area (TPSA) is 6.48 Å². The highest BCUT2D eigenvalue weighted by molar-refractivity contribution is 6.33. The second kappa shape index (κ2) is 17.2. The Labute approximate surface area is 442 Å². The molecule has 0 amide bonds. The fourth-order valence-corrected chi connectivity index (χ4v) is 13.6. The van der Waals surface area contributed by atoms with Gasteiger partial charge in [-0.25, -0.2) is 0 Å². The van der Waals surface area contributed by atoms with Gasteiger partial charge in [-0.3, -0.25) is 0 Å². The summed E-state index contributed by atoms with van der Waals surface area (Å²) in [6.45, 7) is 0. The molecule has 0 heterocycles. The highest BCUT2D eigenvalue weighted by Gasteiger charge is 2.28. The molecule has 0 bridgehead atoms. The molecule has 2 heteroatoms. The molecule has 0 aliphatic heterocycles. The van der Waals surface area contributed by atoms with Crippen LogP contribution in [-0.4, -0.2) is 0 Å². The van der Waals surface area contributed by atoms with Gasteiger partial charge in [0.1, 0.15) is 0 Å². The minimum Gasteiger partial charge on any atom is -0.310 e. The summed E-state index contributed by atoms with van der Waals surface area (Å²) in [7, 11) is 0. The Morgan fingerprint density at radius 3 is 1.07 bits per heavy atom. The van der Waals surface area contributed by atoms with Gasteiger partial charge < -0.3 is 9.80 Å². The molecule has 0 aromatic heterocycles. The lowest BCUT2D eigenvalue weighted by molar-refractivity contribution is 0.911. The Hall–Kier alpha value is -9.24. The lowest BCUT2D eigenvalue weighted by Gasteiger charge is -2.31. The van der Waals surface area contributed by atoms with Gasteiger partial charge in [0, 0.05) is 44.3 Å². The van der Waals surface area contributed by atoms with E-state index in [9.17, 15) is 0 Å². The normalized spacial score (nSPS) is 13.2. The first kappa shape index (κ1) is 43.2. The van der Waals surface area contributed by atoms with Crippen LogP contribution in [0.1, 0.15) is 35.1 Å². The molecular formula is C74H52N2. The molecule has 358 valence electrons. The van der Waals surface area contributed by atoms with Crippen molar-refractivity contribution in [3.05, 3.63) is 265 Å². The molecule has 2 aliphatic carbocycles. The van der Waals surface area contributed by atoms with E-state index in [4.69, 9.17) is 0 Å². The number of hydrogen-bond donors (Lipinski definition) is 0. The van der Waals surface area contributed by atoms with Crippen LogP contribution in [0.4, 0.5) is 34.1 Å². The van der Waals surface area contributed by atoms with Gasteiger partial charge in [0.2, 0.25) is 0 Å². The van der Waals surface area contributed by atoms with E-state index in [0.717, 1.165) is 37.1 Å². The number of rotatable bonds is 8. The smallest absolute Gasteiger partial charge is 0.0546 e. The van der Waals surface area contributed by atoms with Crippen LogP contribution in [0.3, 0.4) is 0 Å². The molecule has 0 atom stereocenters. The second-order valence-corrected chi connectivity index (χ2v) is 21.4. The van der Waals surface area contributed by atoms with Crippen LogP contribution in [0.15, 0.2) is 243 Å². The molecule has 0 saturated carbocycles. The zero-order valence-electron chi connectivity index (χ0n) is 42.2. The quantitative estimate of drug-likeness (QED) is 0.140. The molecule has 2 aliphatic rings. The molecule has 0 saturated heterocycles. The SMILES string of the molecule is c1ccc2cc(N(c3ccc4c(c3)CCC4)c3cc(-c4cccc5ccccc45)c4ccc5c(N(c6ccc7c(c6)CCC7)c6ccc7ccccc7c6)cc(-c6cccc7ccccc67)c6ccc3c4c65)ccc2c1. The van der Waals surface area contributed by atoms with Crippen LogP contribution in [0, 0.1) is 0 Å². The molecule has 0 spiro atoms. The standard InChI is InChI=1S/C74H52N2/c1-3-17-53-41-57(33-29-47(53)13-1)75(59-35-31-49-19-9-23-55(49)43-59)71-45-69(63-27-11-21-51-15-5-7-25-61(51)63)65-38-40-68-72(46-70(66-37-39-67(71)73(65)74(66)68)64-28-12-22-52-16-6-8-26-62(52)64)76(60-36-32-50-20-10-24-56(50)44-60)58-34-30-48-14-2-4-18-54(48)42-58/h1-8,11-18,21-22,25-46H,9-10,19-20,23-24H2. The van der Waals surface area contributed by atoms with Crippen molar-refractivity contribution in [1.82, 2.24) is 0 Å². The molecule has 0 unspecified atom stereocenters. The lowest BCUT2D eigenvalue weighted by Crippen LogP contribution is -2.13. The molecule has 0 N–H and O–H groups in total. The summed E-state index contributed by atoms with van der Waals surface area (Å²) in [5, 5.41) is 17.4. The number of benzene rings is 14. The van der Waals surface area contributed by atoms with Crippen LogP contribution in [0.5, 0.6) is 0 Å². The predicted molar refractivity (Wildman–Crippen MR) is 324 cm³/mol. The van der Waals surface area contributed by atoms with E-state index in [2.05, 4.69) is 252 Å². The summed E-state index contributed by atoms with van der Waals surface area (Å²) in [6.07, 6.45) is 6.87. The van der Waals surface area contributed by atoms with Crippen molar-refractivity contribution in [3.63, 3.8) is 0 Å². The molecule has 0 radical (unpaired) electrons. The van der Waals surface area contributed by atoms with Gasteiger partial charge in [0.25, 0.3) is 0 Å². The minimum absolute atomic E-state index is 1.10. The monoisotopic (exact) mass is 968 g/mol. The van der Waals surface area contributed by atoms with E-state index in [1.54, 1.807) is 0 Å². The maximum absolute atomic E-state index is 2.57. The van der Waals surface area contributed by atoms with Gasteiger partial charge >= 0.3 is 0 Å². The summed E-state index contributed by atoms with van der Waals surface area (Å²) < 4.78 is 0. The van der Waals surface area contributed by atoms with Crippen molar-refractivity contribution in [2.24, 2.45) is 0 Å². The molecule has 14 aromatic rings. The average molecular weight is 969 g/mol. The first-order valence-corrected chi connectivity index (χ1v) is 27.2. The van der Waals surface area contributed by atoms with Crippen LogP contribution in [-0.2, 0) is 25.7 Å². The first-order chi connectivity index (χ1) is 37.7. The molecular weight excluding hydrogens is 917 g/mol. The van der Waals surface area contributed by atoms with E-state index < -0.39 is 0 Å². The highest BCUT2D eigenvalue weighted by atomic mass is 15.2. The number of hydrogen-bond acceptors (Lipinski definition) is 2. The van der Waals surface area contributed by atoms with Gasteiger partial charge in [-0.2, -0.15) is 0 Å². The number of aryl methyl sites for hydroxylation is 4. The van der Waals surface area contributed by atoms with Crippen LogP contribution >= 0.6 is 0 Å². The van der Waals surface area contributed by atoms with Crippen LogP contribution in [0.2, 0.25) is 0 Å². The van der Waals surface area contributed by atoms with Gasteiger partial charge in [-0.1, -0.05) is 182 Å². The molecule has 14 aromatic carbocycles. The largest absolute Gasteiger partial charge is 0.310 e. The summed E-state index contributed by atoms with van der Waals surface area (Å²) in [6, 6.07) is 92.5. The van der Waals surface area contributed by atoms with E-state index >= 15 is 0 Å². The number of nitrogens with zero attached hydrogens (tertiary/aromatic N) is 2. The van der Waals surface area contributed by atoms with Crippen LogP contribution in [0.25, 0.3) is 97.7 Å². The van der Waals surface area contributed by atoms with Crippen molar-refractivity contribution in [3.8, 4) is 22.3 Å².